The van der Waals surface area contributed by atoms with E-state index >= 15 is 0 Å². The van der Waals surface area contributed by atoms with Crippen molar-refractivity contribution in [3.8, 4) is 39.8 Å². The minimum absolute atomic E-state index is 0.00734. The summed E-state index contributed by atoms with van der Waals surface area (Å²) in [6, 6.07) is 43.4. The maximum absolute atomic E-state index is 6.93. The van der Waals surface area contributed by atoms with Crippen molar-refractivity contribution in [2.75, 3.05) is 0 Å². The quantitative estimate of drug-likeness (QED) is 0.124. The highest BCUT2D eigenvalue weighted by Crippen LogP contribution is 2.38. The number of aromatic nitrogens is 4. The van der Waals surface area contributed by atoms with Crippen LogP contribution >= 0.6 is 0 Å². The van der Waals surface area contributed by atoms with Gasteiger partial charge in [0.1, 0.15) is 17.3 Å². The van der Waals surface area contributed by atoms with E-state index in [1.807, 2.05) is 6.20 Å². The first-order valence-electron chi connectivity index (χ1n) is 20.9. The van der Waals surface area contributed by atoms with Crippen LogP contribution in [-0.4, -0.2) is 14.1 Å². The van der Waals surface area contributed by atoms with E-state index in [4.69, 9.17) is 9.72 Å². The molecule has 5 nitrogen and oxygen atoms in total. The molecule has 0 aliphatic carbocycles. The number of hydrogen-bond donors (Lipinski definition) is 0. The molecule has 0 N–H and O–H groups in total. The van der Waals surface area contributed by atoms with Crippen molar-refractivity contribution in [1.82, 2.24) is 14.1 Å². The van der Waals surface area contributed by atoms with Crippen LogP contribution in [0, 0.1) is 6.33 Å². The molecule has 8 aromatic rings. The van der Waals surface area contributed by atoms with Gasteiger partial charge in [-0.05, 0) is 110 Å². The lowest BCUT2D eigenvalue weighted by molar-refractivity contribution is -0.599. The largest absolute Gasteiger partial charge is 0.458 e. The van der Waals surface area contributed by atoms with Crippen LogP contribution in [-0.2, 0) is 21.7 Å². The Bertz CT molecular complexity index is 2800. The average molecular weight is 779 g/mol. The third-order valence-corrected chi connectivity index (χ3v) is 11.4. The van der Waals surface area contributed by atoms with Gasteiger partial charge in [-0.15, -0.1) is 0 Å². The van der Waals surface area contributed by atoms with Gasteiger partial charge in [-0.3, -0.25) is 13.7 Å². The molecule has 8 rings (SSSR count). The van der Waals surface area contributed by atoms with Gasteiger partial charge < -0.3 is 4.74 Å². The summed E-state index contributed by atoms with van der Waals surface area (Å²) in [5.41, 5.74) is 11.2. The second-order valence-electron chi connectivity index (χ2n) is 20.2. The van der Waals surface area contributed by atoms with Gasteiger partial charge in [0, 0.05) is 29.2 Å². The van der Waals surface area contributed by atoms with Crippen LogP contribution < -0.4 is 9.30 Å². The molecule has 0 saturated heterocycles. The van der Waals surface area contributed by atoms with E-state index in [-0.39, 0.29) is 21.7 Å². The first-order valence-corrected chi connectivity index (χ1v) is 20.9. The summed E-state index contributed by atoms with van der Waals surface area (Å²) in [6.45, 7) is 27.2. The number of fused-ring (bicyclic) bond motifs is 3. The number of ether oxygens (including phenoxy) is 1. The lowest BCUT2D eigenvalue weighted by atomic mass is 9.80. The summed E-state index contributed by atoms with van der Waals surface area (Å²) in [4.78, 5) is 4.90. The number of rotatable bonds is 6. The van der Waals surface area contributed by atoms with Crippen LogP contribution in [0.25, 0.3) is 50.1 Å². The molecule has 0 radical (unpaired) electrons. The van der Waals surface area contributed by atoms with Gasteiger partial charge in [-0.25, -0.2) is 4.98 Å². The fourth-order valence-electron chi connectivity index (χ4n) is 7.82. The van der Waals surface area contributed by atoms with Crippen LogP contribution in [0.5, 0.6) is 11.5 Å². The highest BCUT2D eigenvalue weighted by Gasteiger charge is 2.26. The number of hydrogen-bond acceptors (Lipinski definition) is 2. The van der Waals surface area contributed by atoms with Gasteiger partial charge in [0.05, 0.1) is 28.1 Å². The van der Waals surface area contributed by atoms with Crippen molar-refractivity contribution in [3.05, 3.63) is 162 Å². The monoisotopic (exact) mass is 778 g/mol. The Kier molecular flexibility index (Phi) is 9.74. The van der Waals surface area contributed by atoms with E-state index in [9.17, 15) is 0 Å². The predicted octanol–water partition coefficient (Wildman–Crippen LogP) is 13.7. The number of nitrogens with zero attached hydrogens (tertiary/aromatic N) is 4. The first-order chi connectivity index (χ1) is 27.7. The van der Waals surface area contributed by atoms with Crippen molar-refractivity contribution >= 4 is 21.8 Å². The summed E-state index contributed by atoms with van der Waals surface area (Å²) in [6.07, 6.45) is 7.97. The van der Waals surface area contributed by atoms with Crippen molar-refractivity contribution in [2.24, 2.45) is 0 Å². The van der Waals surface area contributed by atoms with Crippen molar-refractivity contribution in [2.45, 2.75) is 105 Å². The Labute approximate surface area is 351 Å². The molecule has 0 aliphatic rings. The molecule has 0 atom stereocenters. The summed E-state index contributed by atoms with van der Waals surface area (Å²) >= 11 is 0. The maximum Gasteiger partial charge on any atom is 0.269 e. The molecular weight excluding hydrogens is 721 g/mol. The van der Waals surface area contributed by atoms with Crippen molar-refractivity contribution in [1.29, 1.82) is 0 Å². The van der Waals surface area contributed by atoms with E-state index in [1.165, 1.54) is 22.1 Å². The van der Waals surface area contributed by atoms with Crippen LogP contribution in [0.15, 0.2) is 134 Å². The topological polar surface area (TPSA) is 35.9 Å². The Morgan fingerprint density at radius 2 is 1.17 bits per heavy atom. The van der Waals surface area contributed by atoms with E-state index in [0.717, 1.165) is 61.9 Å². The Balaban J connectivity index is 1.29. The van der Waals surface area contributed by atoms with Crippen LogP contribution in [0.4, 0.5) is 0 Å². The normalized spacial score (nSPS) is 12.7. The van der Waals surface area contributed by atoms with Gasteiger partial charge in [0.15, 0.2) is 0 Å². The second-order valence-corrected chi connectivity index (χ2v) is 20.2. The molecule has 0 bridgehead atoms. The highest BCUT2D eigenvalue weighted by atomic mass is 16.5. The Morgan fingerprint density at radius 1 is 0.525 bits per heavy atom. The zero-order valence-electron chi connectivity index (χ0n) is 36.9. The van der Waals surface area contributed by atoms with Gasteiger partial charge in [-0.1, -0.05) is 138 Å². The zero-order chi connectivity index (χ0) is 42.1. The molecule has 59 heavy (non-hydrogen) atoms. The van der Waals surface area contributed by atoms with E-state index < -0.39 is 0 Å². The van der Waals surface area contributed by atoms with E-state index in [1.54, 1.807) is 0 Å². The van der Waals surface area contributed by atoms with Gasteiger partial charge >= 0.3 is 0 Å². The molecule has 0 spiro atoms. The molecule has 5 heteroatoms. The zero-order valence-corrected chi connectivity index (χ0v) is 36.9. The molecule has 300 valence electrons. The fraction of sp³-hybridized carbons (Fsp3) is 0.296. The Morgan fingerprint density at radius 3 is 1.83 bits per heavy atom. The minimum Gasteiger partial charge on any atom is -0.458 e. The van der Waals surface area contributed by atoms with Crippen LogP contribution in [0.1, 0.15) is 105 Å². The summed E-state index contributed by atoms with van der Waals surface area (Å²) in [5.74, 6) is 2.39. The summed E-state index contributed by atoms with van der Waals surface area (Å²) in [5, 5.41) is 2.33. The lowest BCUT2D eigenvalue weighted by Crippen LogP contribution is -2.30. The maximum atomic E-state index is 6.93. The number of pyridine rings is 1. The number of para-hydroxylation sites is 1. The third kappa shape index (κ3) is 7.96. The van der Waals surface area contributed by atoms with Crippen molar-refractivity contribution in [3.63, 3.8) is 0 Å². The molecule has 5 aromatic carbocycles. The number of benzene rings is 5. The minimum atomic E-state index is -0.184. The molecule has 0 saturated carbocycles. The van der Waals surface area contributed by atoms with E-state index in [2.05, 4.69) is 231 Å². The SMILES string of the molecule is CC(C)(C)c1cc(-[n+]2[c-]n(-c3cc(Oc4ccc5c6ccccc6n(-c6cc(C(C)(C)C)ccn6)c5c4)cc(-c4ccccc4)c3)c(C(C)(C)C)c2)cc(C(C)(C)C)c1. The molecule has 0 aliphatic heterocycles. The van der Waals surface area contributed by atoms with Gasteiger partial charge in [0.25, 0.3) is 6.33 Å². The van der Waals surface area contributed by atoms with E-state index in [0.29, 0.717) is 0 Å². The fourth-order valence-corrected chi connectivity index (χ4v) is 7.82. The van der Waals surface area contributed by atoms with Crippen molar-refractivity contribution < 1.29 is 9.30 Å². The smallest absolute Gasteiger partial charge is 0.269 e. The predicted molar refractivity (Wildman–Crippen MR) is 245 cm³/mol. The van der Waals surface area contributed by atoms with Crippen LogP contribution in [0.3, 0.4) is 0 Å². The molecule has 0 unspecified atom stereocenters. The second kappa shape index (κ2) is 14.4. The van der Waals surface area contributed by atoms with Crippen LogP contribution in [0.2, 0.25) is 0 Å². The molecule has 3 heterocycles. The summed E-state index contributed by atoms with van der Waals surface area (Å²) in [7, 11) is 0. The Hall–Kier alpha value is -5.94. The molecule has 0 amide bonds. The lowest BCUT2D eigenvalue weighted by Gasteiger charge is -2.26. The average Bonchev–Trinajstić information content (AvgIpc) is 3.78. The first kappa shape index (κ1) is 39.9. The summed E-state index contributed by atoms with van der Waals surface area (Å²) < 4.78 is 13.6. The van der Waals surface area contributed by atoms with Gasteiger partial charge in [-0.2, -0.15) is 0 Å². The standard InChI is InChI=1S/C54H58N4O/c1-51(2,3)38-24-25-55-50(31-38)58-47-21-17-16-20-45(47)46-23-22-43(33-48(46)58)59-44-27-37(36-18-14-13-15-19-36)26-42(32-44)57-35-56(34-49(57)54(10,11)12)41-29-39(52(4,5)6)28-40(30-41)53(7,8)9/h13-34H,1-12H3. The molecular formula is C54H58N4O. The molecule has 3 aromatic heterocycles. The molecule has 0 fully saturated rings. The number of imidazole rings is 1. The third-order valence-electron chi connectivity index (χ3n) is 11.4. The highest BCUT2D eigenvalue weighted by molar-refractivity contribution is 6.09. The van der Waals surface area contributed by atoms with Gasteiger partial charge in [0.2, 0.25) is 0 Å².